The van der Waals surface area contributed by atoms with E-state index in [4.69, 9.17) is 5.73 Å². The number of hydrogen-bond acceptors (Lipinski definition) is 4. The van der Waals surface area contributed by atoms with Gasteiger partial charge in [-0.05, 0) is 6.92 Å². The molecule has 0 spiro atoms. The highest BCUT2D eigenvalue weighted by Gasteiger charge is 2.29. The first kappa shape index (κ1) is 11.5. The summed E-state index contributed by atoms with van der Waals surface area (Å²) in [5.74, 6) is 0.505. The van der Waals surface area contributed by atoms with Gasteiger partial charge >= 0.3 is 6.18 Å². The topological polar surface area (TPSA) is 63.8 Å². The molecule has 0 amide bonds. The summed E-state index contributed by atoms with van der Waals surface area (Å²) in [6.45, 7) is 1.42. The highest BCUT2D eigenvalue weighted by Crippen LogP contribution is 2.22. The summed E-state index contributed by atoms with van der Waals surface area (Å²) in [5.41, 5.74) is 5.28. The summed E-state index contributed by atoms with van der Waals surface area (Å²) in [6, 6.07) is -0.747. The summed E-state index contributed by atoms with van der Waals surface area (Å²) in [4.78, 5) is 7.48. The van der Waals surface area contributed by atoms with Crippen LogP contribution in [-0.4, -0.2) is 22.2 Å². The Hall–Kier alpha value is -1.53. The number of nitrogen functional groups attached to an aromatic ring is 1. The Morgan fingerprint density at radius 3 is 2.53 bits per heavy atom. The molecule has 1 heterocycles. The van der Waals surface area contributed by atoms with E-state index in [1.165, 1.54) is 19.3 Å². The Kier molecular flexibility index (Phi) is 3.33. The molecule has 4 nitrogen and oxygen atoms in total. The maximum Gasteiger partial charge on any atom is 0.391 e. The molecule has 1 aromatic heterocycles. The van der Waals surface area contributed by atoms with E-state index in [-0.39, 0.29) is 11.6 Å². The molecular formula is C8H11F3N4. The lowest BCUT2D eigenvalue weighted by atomic mass is 10.2. The summed E-state index contributed by atoms with van der Waals surface area (Å²) >= 11 is 0. The normalized spacial score (nSPS) is 13.6. The molecule has 0 fully saturated rings. The lowest BCUT2D eigenvalue weighted by Crippen LogP contribution is -2.24. The second-order valence-electron chi connectivity index (χ2n) is 3.19. The molecule has 0 saturated carbocycles. The van der Waals surface area contributed by atoms with Gasteiger partial charge < -0.3 is 11.1 Å². The molecule has 1 rings (SSSR count). The van der Waals surface area contributed by atoms with Gasteiger partial charge in [0, 0.05) is 6.04 Å². The molecular weight excluding hydrogens is 209 g/mol. The highest BCUT2D eigenvalue weighted by molar-refractivity contribution is 5.36. The van der Waals surface area contributed by atoms with Gasteiger partial charge in [-0.15, -0.1) is 0 Å². The smallest absolute Gasteiger partial charge is 0.382 e. The summed E-state index contributed by atoms with van der Waals surface area (Å²) in [6.07, 6.45) is -2.53. The zero-order valence-electron chi connectivity index (χ0n) is 8.04. The van der Waals surface area contributed by atoms with Crippen molar-refractivity contribution in [3.8, 4) is 0 Å². The van der Waals surface area contributed by atoms with Crippen LogP contribution in [0.2, 0.25) is 0 Å². The average Bonchev–Trinajstić information content (AvgIpc) is 2.05. The third-order valence-corrected chi connectivity index (χ3v) is 1.60. The van der Waals surface area contributed by atoms with E-state index in [0.29, 0.717) is 0 Å². The summed E-state index contributed by atoms with van der Waals surface area (Å²) in [7, 11) is 0. The largest absolute Gasteiger partial charge is 0.391 e. The highest BCUT2D eigenvalue weighted by atomic mass is 19.4. The van der Waals surface area contributed by atoms with Crippen LogP contribution in [0.15, 0.2) is 12.4 Å². The van der Waals surface area contributed by atoms with Crippen molar-refractivity contribution in [2.24, 2.45) is 0 Å². The van der Waals surface area contributed by atoms with Crippen molar-refractivity contribution in [3.63, 3.8) is 0 Å². The van der Waals surface area contributed by atoms with E-state index in [9.17, 15) is 13.2 Å². The zero-order chi connectivity index (χ0) is 11.5. The molecule has 0 aliphatic heterocycles. The predicted octanol–water partition coefficient (Wildman–Crippen LogP) is 1.81. The van der Waals surface area contributed by atoms with Crippen molar-refractivity contribution in [1.82, 2.24) is 9.97 Å². The third-order valence-electron chi connectivity index (χ3n) is 1.60. The molecule has 84 valence electrons. The van der Waals surface area contributed by atoms with Gasteiger partial charge in [0.1, 0.15) is 11.6 Å². The number of alkyl halides is 3. The average molecular weight is 220 g/mol. The van der Waals surface area contributed by atoms with Crippen molar-refractivity contribution >= 4 is 11.6 Å². The fraction of sp³-hybridized carbons (Fsp3) is 0.500. The molecule has 0 bridgehead atoms. The Bertz CT molecular complexity index is 309. The van der Waals surface area contributed by atoms with Gasteiger partial charge in [-0.1, -0.05) is 0 Å². The van der Waals surface area contributed by atoms with Crippen molar-refractivity contribution in [2.75, 3.05) is 11.1 Å². The molecule has 0 saturated heterocycles. The lowest BCUT2D eigenvalue weighted by molar-refractivity contribution is -0.136. The van der Waals surface area contributed by atoms with Crippen molar-refractivity contribution in [1.29, 1.82) is 0 Å². The molecule has 0 aliphatic carbocycles. The van der Waals surface area contributed by atoms with Crippen molar-refractivity contribution < 1.29 is 13.2 Å². The number of nitrogens with two attached hydrogens (primary N) is 1. The molecule has 0 aliphatic rings. The van der Waals surface area contributed by atoms with Crippen LogP contribution in [0.3, 0.4) is 0 Å². The van der Waals surface area contributed by atoms with Crippen LogP contribution in [0.4, 0.5) is 24.8 Å². The molecule has 15 heavy (non-hydrogen) atoms. The molecule has 0 aromatic carbocycles. The number of aromatic nitrogens is 2. The standard InChI is InChI=1S/C8H11F3N4/c1-5(2-8(9,10)11)15-7-4-13-6(12)3-14-7/h3-5H,2H2,1H3,(H2,12,13)(H,14,15). The Balaban J connectivity index is 2.51. The maximum absolute atomic E-state index is 12.0. The minimum atomic E-state index is -4.19. The van der Waals surface area contributed by atoms with E-state index in [1.807, 2.05) is 0 Å². The van der Waals surface area contributed by atoms with E-state index in [2.05, 4.69) is 15.3 Å². The second-order valence-corrected chi connectivity index (χ2v) is 3.19. The predicted molar refractivity (Wildman–Crippen MR) is 50.2 cm³/mol. The fourth-order valence-corrected chi connectivity index (χ4v) is 1.06. The van der Waals surface area contributed by atoms with Gasteiger partial charge in [-0.3, -0.25) is 0 Å². The summed E-state index contributed by atoms with van der Waals surface area (Å²) in [5, 5.41) is 2.58. The van der Waals surface area contributed by atoms with Gasteiger partial charge in [0.05, 0.1) is 18.8 Å². The van der Waals surface area contributed by atoms with Crippen molar-refractivity contribution in [3.05, 3.63) is 12.4 Å². The number of anilines is 2. The van der Waals surface area contributed by atoms with Crippen LogP contribution in [-0.2, 0) is 0 Å². The Morgan fingerprint density at radius 1 is 1.40 bits per heavy atom. The third kappa shape index (κ3) is 4.48. The van der Waals surface area contributed by atoms with Gasteiger partial charge in [0.25, 0.3) is 0 Å². The minimum Gasteiger partial charge on any atom is -0.382 e. The Labute approximate surface area is 84.7 Å². The van der Waals surface area contributed by atoms with Gasteiger partial charge in [0.15, 0.2) is 0 Å². The van der Waals surface area contributed by atoms with E-state index >= 15 is 0 Å². The van der Waals surface area contributed by atoms with Crippen LogP contribution in [0.25, 0.3) is 0 Å². The SMILES string of the molecule is CC(CC(F)(F)F)Nc1cnc(N)cn1. The molecule has 1 unspecified atom stereocenters. The zero-order valence-corrected chi connectivity index (χ0v) is 8.04. The van der Waals surface area contributed by atoms with Crippen LogP contribution >= 0.6 is 0 Å². The minimum absolute atomic E-state index is 0.226. The quantitative estimate of drug-likeness (QED) is 0.815. The molecule has 3 N–H and O–H groups in total. The first-order valence-electron chi connectivity index (χ1n) is 4.27. The van der Waals surface area contributed by atoms with Gasteiger partial charge in [-0.25, -0.2) is 9.97 Å². The molecule has 1 aromatic rings. The Morgan fingerprint density at radius 2 is 2.07 bits per heavy atom. The monoisotopic (exact) mass is 220 g/mol. The molecule has 7 heteroatoms. The summed E-state index contributed by atoms with van der Waals surface area (Å²) < 4.78 is 35.9. The van der Waals surface area contributed by atoms with Crippen LogP contribution in [0.1, 0.15) is 13.3 Å². The van der Waals surface area contributed by atoms with Crippen LogP contribution < -0.4 is 11.1 Å². The number of nitrogens with zero attached hydrogens (tertiary/aromatic N) is 2. The first-order valence-corrected chi connectivity index (χ1v) is 4.27. The molecule has 1 atom stereocenters. The lowest BCUT2D eigenvalue weighted by Gasteiger charge is -2.15. The van der Waals surface area contributed by atoms with Crippen LogP contribution in [0.5, 0.6) is 0 Å². The van der Waals surface area contributed by atoms with Gasteiger partial charge in [-0.2, -0.15) is 13.2 Å². The number of halogens is 3. The number of rotatable bonds is 3. The first-order chi connectivity index (χ1) is 6.87. The van der Waals surface area contributed by atoms with E-state index in [1.54, 1.807) is 0 Å². The van der Waals surface area contributed by atoms with Crippen LogP contribution in [0, 0.1) is 0 Å². The molecule has 0 radical (unpaired) electrons. The van der Waals surface area contributed by atoms with Gasteiger partial charge in [0.2, 0.25) is 0 Å². The van der Waals surface area contributed by atoms with E-state index < -0.39 is 18.6 Å². The van der Waals surface area contributed by atoms with Crippen molar-refractivity contribution in [2.45, 2.75) is 25.6 Å². The van der Waals surface area contributed by atoms with E-state index in [0.717, 1.165) is 0 Å². The maximum atomic E-state index is 12.0. The fourth-order valence-electron chi connectivity index (χ4n) is 1.06. The second kappa shape index (κ2) is 4.33. The number of nitrogens with one attached hydrogen (secondary N) is 1. The number of hydrogen-bond donors (Lipinski definition) is 2.